The lowest BCUT2D eigenvalue weighted by Gasteiger charge is -2.04. The molecule has 0 aromatic carbocycles. The highest BCUT2D eigenvalue weighted by Gasteiger charge is 2.29. The number of carboxylic acid groups (broad SMARTS) is 1. The molecule has 4 N–H and O–H groups in total. The Kier molecular flexibility index (Phi) is 7.43. The number of aromatic carboxylic acids is 1. The first-order valence-electron chi connectivity index (χ1n) is 6.87. The maximum absolute atomic E-state index is 10.7. The molecule has 9 heteroatoms. The summed E-state index contributed by atoms with van der Waals surface area (Å²) in [5.74, 6) is -0.826. The Balaban J connectivity index is 0.000000257. The summed E-state index contributed by atoms with van der Waals surface area (Å²) in [6.45, 7) is 3.51. The highest BCUT2D eigenvalue weighted by atomic mass is 35.5. The fourth-order valence-electron chi connectivity index (χ4n) is 1.44. The van der Waals surface area contributed by atoms with E-state index in [9.17, 15) is 9.59 Å². The van der Waals surface area contributed by atoms with Crippen LogP contribution in [0.25, 0.3) is 0 Å². The molecule has 1 saturated carbocycles. The normalized spacial score (nSPS) is 12.8. The molecule has 23 heavy (non-hydrogen) atoms. The van der Waals surface area contributed by atoms with Crippen molar-refractivity contribution in [3.8, 4) is 0 Å². The van der Waals surface area contributed by atoms with E-state index in [1.807, 2.05) is 0 Å². The van der Waals surface area contributed by atoms with Crippen LogP contribution in [0.2, 0.25) is 5.02 Å². The van der Waals surface area contributed by atoms with Gasteiger partial charge in [0.1, 0.15) is 16.7 Å². The summed E-state index contributed by atoms with van der Waals surface area (Å²) in [5.41, 5.74) is 5.27. The lowest BCUT2D eigenvalue weighted by molar-refractivity contribution is -0.137. The van der Waals surface area contributed by atoms with Crippen LogP contribution >= 0.6 is 11.6 Å². The summed E-state index contributed by atoms with van der Waals surface area (Å²) in [7, 11) is 0. The molecule has 0 atom stereocenters. The molecule has 1 fully saturated rings. The quantitative estimate of drug-likeness (QED) is 0.400. The van der Waals surface area contributed by atoms with E-state index >= 15 is 0 Å². The first kappa shape index (κ1) is 18.9. The molecule has 0 spiro atoms. The van der Waals surface area contributed by atoms with Crippen molar-refractivity contribution in [2.75, 3.05) is 18.9 Å². The maximum atomic E-state index is 10.7. The lowest BCUT2D eigenvalue weighted by Crippen LogP contribution is -2.09. The monoisotopic (exact) mass is 343 g/mol. The summed E-state index contributed by atoms with van der Waals surface area (Å²) in [6, 6.07) is 0. The summed E-state index contributed by atoms with van der Waals surface area (Å²) >= 11 is 5.65. The Hall–Kier alpha value is -2.19. The van der Waals surface area contributed by atoms with Crippen LogP contribution in [0.3, 0.4) is 0 Å². The number of halogens is 1. The third-order valence-corrected chi connectivity index (χ3v) is 3.13. The number of carbonyl (C=O) groups is 2. The topological polar surface area (TPSA) is 136 Å². The van der Waals surface area contributed by atoms with Gasteiger partial charge in [0.15, 0.2) is 5.69 Å². The van der Waals surface area contributed by atoms with Gasteiger partial charge in [-0.1, -0.05) is 18.2 Å². The molecule has 0 radical (unpaired) electrons. The second-order valence-corrected chi connectivity index (χ2v) is 5.04. The van der Waals surface area contributed by atoms with Gasteiger partial charge < -0.3 is 20.7 Å². The predicted molar refractivity (Wildman–Crippen MR) is 83.2 cm³/mol. The Labute approximate surface area is 137 Å². The minimum Gasteiger partial charge on any atom is -0.476 e. The number of ether oxygens (including phenoxy) is 1. The SMILES string of the molecule is C=CC(=O)OCCCO.Nc1nc(C2CC2)nc(C(=O)O)c1Cl. The van der Waals surface area contributed by atoms with E-state index in [1.54, 1.807) is 0 Å². The first-order chi connectivity index (χ1) is 10.9. The fourth-order valence-corrected chi connectivity index (χ4v) is 1.61. The third-order valence-electron chi connectivity index (χ3n) is 2.75. The van der Waals surface area contributed by atoms with Crippen molar-refractivity contribution in [3.63, 3.8) is 0 Å². The third kappa shape index (κ3) is 6.21. The van der Waals surface area contributed by atoms with Crippen LogP contribution in [0.5, 0.6) is 0 Å². The molecule has 8 nitrogen and oxygen atoms in total. The molecular weight excluding hydrogens is 326 g/mol. The molecule has 1 aromatic heterocycles. The van der Waals surface area contributed by atoms with Gasteiger partial charge in [0.25, 0.3) is 0 Å². The number of carbonyl (C=O) groups excluding carboxylic acids is 1. The van der Waals surface area contributed by atoms with Crippen LogP contribution in [-0.2, 0) is 9.53 Å². The molecule has 1 aliphatic rings. The minimum absolute atomic E-state index is 0.0426. The van der Waals surface area contributed by atoms with E-state index < -0.39 is 11.9 Å². The van der Waals surface area contributed by atoms with E-state index in [1.165, 1.54) is 0 Å². The molecule has 1 aliphatic carbocycles. The van der Waals surface area contributed by atoms with E-state index in [4.69, 9.17) is 27.5 Å². The van der Waals surface area contributed by atoms with Gasteiger partial charge in [0.05, 0.1) is 6.61 Å². The number of carboxylic acids is 1. The van der Waals surface area contributed by atoms with Gasteiger partial charge in [-0.15, -0.1) is 0 Å². The van der Waals surface area contributed by atoms with Gasteiger partial charge in [-0.2, -0.15) is 0 Å². The summed E-state index contributed by atoms with van der Waals surface area (Å²) < 4.78 is 4.51. The summed E-state index contributed by atoms with van der Waals surface area (Å²) in [4.78, 5) is 28.8. The van der Waals surface area contributed by atoms with Crippen LogP contribution in [0.15, 0.2) is 12.7 Å². The van der Waals surface area contributed by atoms with E-state index in [0.717, 1.165) is 18.9 Å². The number of esters is 1. The zero-order valence-corrected chi connectivity index (χ0v) is 13.1. The van der Waals surface area contributed by atoms with Crippen LogP contribution < -0.4 is 5.73 Å². The van der Waals surface area contributed by atoms with Gasteiger partial charge in [-0.05, 0) is 12.8 Å². The standard InChI is InChI=1S/C8H8ClN3O2.C6H10O3/c9-4-5(8(13)14)11-7(3-1-2-3)12-6(4)10;1-2-6(8)9-5-3-4-7/h3H,1-2H2,(H,13,14)(H2,10,11,12);2,7H,1,3-5H2. The average Bonchev–Trinajstić information content (AvgIpc) is 3.35. The molecule has 0 unspecified atom stereocenters. The van der Waals surface area contributed by atoms with Crippen LogP contribution in [0, 0.1) is 0 Å². The second kappa shape index (κ2) is 9.06. The number of nitrogen functional groups attached to an aromatic ring is 1. The van der Waals surface area contributed by atoms with Crippen molar-refractivity contribution < 1.29 is 24.5 Å². The Bertz CT molecular complexity index is 590. The number of aromatic nitrogens is 2. The van der Waals surface area contributed by atoms with E-state index in [-0.39, 0.29) is 35.7 Å². The fraction of sp³-hybridized carbons (Fsp3) is 0.429. The molecule has 126 valence electrons. The highest BCUT2D eigenvalue weighted by molar-refractivity contribution is 6.35. The van der Waals surface area contributed by atoms with Gasteiger partial charge in [-0.25, -0.2) is 19.6 Å². The smallest absolute Gasteiger partial charge is 0.356 e. The van der Waals surface area contributed by atoms with Crippen molar-refractivity contribution in [2.45, 2.75) is 25.2 Å². The number of rotatable bonds is 6. The Morgan fingerprint density at radius 3 is 2.57 bits per heavy atom. The van der Waals surface area contributed by atoms with Crippen LogP contribution in [0.1, 0.15) is 41.5 Å². The van der Waals surface area contributed by atoms with Gasteiger partial charge >= 0.3 is 11.9 Å². The summed E-state index contributed by atoms with van der Waals surface area (Å²) in [6.07, 6.45) is 3.55. The lowest BCUT2D eigenvalue weighted by atomic mass is 10.3. The number of aliphatic hydroxyl groups excluding tert-OH is 1. The van der Waals surface area contributed by atoms with Crippen molar-refractivity contribution in [1.82, 2.24) is 9.97 Å². The van der Waals surface area contributed by atoms with Crippen molar-refractivity contribution in [2.24, 2.45) is 0 Å². The van der Waals surface area contributed by atoms with E-state index in [2.05, 4.69) is 21.3 Å². The molecule has 0 saturated heterocycles. The van der Waals surface area contributed by atoms with Crippen LogP contribution in [-0.4, -0.2) is 45.3 Å². The number of hydrogen-bond acceptors (Lipinski definition) is 7. The zero-order valence-electron chi connectivity index (χ0n) is 12.4. The van der Waals surface area contributed by atoms with Gasteiger partial charge in [0, 0.05) is 25.0 Å². The van der Waals surface area contributed by atoms with Gasteiger partial charge in [-0.3, -0.25) is 0 Å². The maximum Gasteiger partial charge on any atom is 0.356 e. The molecule has 0 bridgehead atoms. The highest BCUT2D eigenvalue weighted by Crippen LogP contribution is 2.39. The molecule has 2 rings (SSSR count). The van der Waals surface area contributed by atoms with Gasteiger partial charge in [0.2, 0.25) is 0 Å². The van der Waals surface area contributed by atoms with Crippen LogP contribution in [0.4, 0.5) is 5.82 Å². The number of nitrogens with two attached hydrogens (primary N) is 1. The molecule has 1 aromatic rings. The van der Waals surface area contributed by atoms with Crippen molar-refractivity contribution >= 4 is 29.4 Å². The van der Waals surface area contributed by atoms with Crippen molar-refractivity contribution in [1.29, 1.82) is 0 Å². The molecular formula is C14H18ClN3O5. The second-order valence-electron chi connectivity index (χ2n) is 4.66. The molecule has 0 amide bonds. The minimum atomic E-state index is -1.17. The first-order valence-corrected chi connectivity index (χ1v) is 7.24. The number of aliphatic hydroxyl groups is 1. The molecule has 1 heterocycles. The Morgan fingerprint density at radius 1 is 1.43 bits per heavy atom. The number of anilines is 1. The summed E-state index contributed by atoms with van der Waals surface area (Å²) in [5, 5.41) is 16.9. The molecule has 0 aliphatic heterocycles. The zero-order chi connectivity index (χ0) is 17.4. The Morgan fingerprint density at radius 2 is 2.09 bits per heavy atom. The number of hydrogen-bond donors (Lipinski definition) is 3. The van der Waals surface area contributed by atoms with Crippen molar-refractivity contribution in [3.05, 3.63) is 29.2 Å². The average molecular weight is 344 g/mol. The largest absolute Gasteiger partial charge is 0.476 e. The van der Waals surface area contributed by atoms with E-state index in [0.29, 0.717) is 12.2 Å². The predicted octanol–water partition coefficient (Wildman–Crippen LogP) is 1.39. The number of nitrogens with zero attached hydrogens (tertiary/aromatic N) is 2.